The maximum atomic E-state index is 12.5. The van der Waals surface area contributed by atoms with Crippen LogP contribution in [0.1, 0.15) is 66.7 Å². The number of hydrogen-bond acceptors (Lipinski definition) is 3. The van der Waals surface area contributed by atoms with Crippen LogP contribution < -0.4 is 0 Å². The van der Waals surface area contributed by atoms with Gasteiger partial charge in [-0.25, -0.2) is 0 Å². The molecule has 4 atom stereocenters. The fraction of sp³-hybridized carbons (Fsp3) is 0.857. The summed E-state index contributed by atoms with van der Waals surface area (Å²) in [5, 5.41) is 10.6. The Labute approximate surface area is 156 Å². The van der Waals surface area contributed by atoms with Crippen LogP contribution in [-0.2, 0) is 9.22 Å². The third-order valence-electron chi connectivity index (χ3n) is 6.97. The maximum absolute atomic E-state index is 12.5. The molecule has 1 saturated carbocycles. The third kappa shape index (κ3) is 5.27. The number of carbonyl (C=O) groups excluding carboxylic acids is 1. The molecule has 0 aromatic heterocycles. The summed E-state index contributed by atoms with van der Waals surface area (Å²) in [4.78, 5) is 12.5. The number of Topliss-reactive ketones (excluding diaryl/α,β-unsaturated/α-hetero) is 1. The molecule has 1 aliphatic rings. The lowest BCUT2D eigenvalue weighted by atomic mass is 9.57. The lowest BCUT2D eigenvalue weighted by Crippen LogP contribution is -2.48. The molecule has 0 aliphatic heterocycles. The zero-order chi connectivity index (χ0) is 19.5. The molecule has 3 nitrogen and oxygen atoms in total. The molecule has 0 saturated heterocycles. The van der Waals surface area contributed by atoms with Crippen LogP contribution in [0.5, 0.6) is 0 Å². The number of aliphatic hydroxyl groups excluding tert-OH is 1. The van der Waals surface area contributed by atoms with Gasteiger partial charge in [0.15, 0.2) is 8.32 Å². The minimum absolute atomic E-state index is 0.153. The summed E-state index contributed by atoms with van der Waals surface area (Å²) in [5.74, 6) is 0.326. The largest absolute Gasteiger partial charge is 0.417 e. The Morgan fingerprint density at radius 1 is 1.40 bits per heavy atom. The molecule has 1 N–H and O–H groups in total. The van der Waals surface area contributed by atoms with Gasteiger partial charge in [-0.05, 0) is 48.7 Å². The molecule has 1 fully saturated rings. The lowest BCUT2D eigenvalue weighted by Gasteiger charge is -2.47. The van der Waals surface area contributed by atoms with Crippen molar-refractivity contribution in [3.63, 3.8) is 0 Å². The lowest BCUT2D eigenvalue weighted by molar-refractivity contribution is -0.139. The van der Waals surface area contributed by atoms with E-state index in [-0.39, 0.29) is 22.2 Å². The van der Waals surface area contributed by atoms with Gasteiger partial charge in [-0.2, -0.15) is 0 Å². The zero-order valence-corrected chi connectivity index (χ0v) is 18.5. The van der Waals surface area contributed by atoms with Crippen LogP contribution in [0.4, 0.5) is 0 Å². The second-order valence-electron chi connectivity index (χ2n) is 9.68. The van der Waals surface area contributed by atoms with Crippen LogP contribution >= 0.6 is 0 Å². The molecule has 0 radical (unpaired) electrons. The van der Waals surface area contributed by atoms with Gasteiger partial charge in [-0.1, -0.05) is 47.1 Å². The summed E-state index contributed by atoms with van der Waals surface area (Å²) in [5.41, 5.74) is -0.153. The van der Waals surface area contributed by atoms with Crippen molar-refractivity contribution in [1.29, 1.82) is 0 Å². The van der Waals surface area contributed by atoms with E-state index in [1.807, 2.05) is 0 Å². The smallest absolute Gasteiger partial charge is 0.191 e. The number of rotatable bonds is 8. The fourth-order valence-electron chi connectivity index (χ4n) is 3.79. The molecular weight excluding hydrogens is 328 g/mol. The molecule has 1 unspecified atom stereocenters. The predicted molar refractivity (Wildman–Crippen MR) is 108 cm³/mol. The molecule has 25 heavy (non-hydrogen) atoms. The van der Waals surface area contributed by atoms with Gasteiger partial charge in [0, 0.05) is 13.0 Å². The van der Waals surface area contributed by atoms with Crippen LogP contribution in [0.15, 0.2) is 12.7 Å². The van der Waals surface area contributed by atoms with Gasteiger partial charge in [0.05, 0.1) is 12.0 Å². The standard InChI is InChI=1S/C21H40O3Si/c1-9-17(22)19-18(23)13-12-16(2)21(19,6)14-10-11-15-24-25(7,8)20(3,4)5/h9,16-17,19,22H,1,10-15H2,2-8H3/t16-,17?,19+,21+/m1/s1. The summed E-state index contributed by atoms with van der Waals surface area (Å²) in [6, 6.07) is 0. The molecule has 146 valence electrons. The second kappa shape index (κ2) is 8.49. The van der Waals surface area contributed by atoms with E-state index in [1.54, 1.807) is 0 Å². The van der Waals surface area contributed by atoms with Crippen LogP contribution in [0.25, 0.3) is 0 Å². The Kier molecular flexibility index (Phi) is 7.67. The van der Waals surface area contributed by atoms with Gasteiger partial charge in [-0.15, -0.1) is 6.58 Å². The van der Waals surface area contributed by atoms with E-state index in [0.717, 1.165) is 32.3 Å². The van der Waals surface area contributed by atoms with Crippen molar-refractivity contribution in [2.75, 3.05) is 6.61 Å². The SMILES string of the molecule is C=CC(O)[C@H]1C(=O)CC[C@@H](C)[C@]1(C)CCCCO[Si](C)(C)C(C)(C)C. The normalized spacial score (nSPS) is 29.5. The van der Waals surface area contributed by atoms with Crippen LogP contribution in [0, 0.1) is 17.3 Å². The summed E-state index contributed by atoms with van der Waals surface area (Å²) >= 11 is 0. The van der Waals surface area contributed by atoms with Crippen molar-refractivity contribution >= 4 is 14.1 Å². The quantitative estimate of drug-likeness (QED) is 0.357. The first-order chi connectivity index (χ1) is 11.4. The number of ketones is 1. The average molecular weight is 369 g/mol. The molecule has 1 rings (SSSR count). The van der Waals surface area contributed by atoms with E-state index in [2.05, 4.69) is 54.3 Å². The number of aliphatic hydroxyl groups is 1. The van der Waals surface area contributed by atoms with Crippen molar-refractivity contribution in [2.24, 2.45) is 17.3 Å². The number of unbranched alkanes of at least 4 members (excludes halogenated alkanes) is 1. The minimum Gasteiger partial charge on any atom is -0.417 e. The van der Waals surface area contributed by atoms with Gasteiger partial charge >= 0.3 is 0 Å². The van der Waals surface area contributed by atoms with Crippen LogP contribution in [0.2, 0.25) is 18.1 Å². The van der Waals surface area contributed by atoms with Crippen molar-refractivity contribution in [1.82, 2.24) is 0 Å². The van der Waals surface area contributed by atoms with Gasteiger partial charge in [-0.3, -0.25) is 4.79 Å². The Morgan fingerprint density at radius 2 is 2.00 bits per heavy atom. The topological polar surface area (TPSA) is 46.5 Å². The van der Waals surface area contributed by atoms with Crippen molar-refractivity contribution < 1.29 is 14.3 Å². The summed E-state index contributed by atoms with van der Waals surface area (Å²) < 4.78 is 6.27. The highest BCUT2D eigenvalue weighted by Crippen LogP contribution is 2.48. The first kappa shape index (κ1) is 22.6. The fourth-order valence-corrected chi connectivity index (χ4v) is 4.88. The average Bonchev–Trinajstić information content (AvgIpc) is 2.49. The minimum atomic E-state index is -1.68. The van der Waals surface area contributed by atoms with Crippen molar-refractivity contribution in [3.05, 3.63) is 12.7 Å². The van der Waals surface area contributed by atoms with Crippen LogP contribution in [-0.4, -0.2) is 31.9 Å². The summed E-state index contributed by atoms with van der Waals surface area (Å²) in [6.07, 6.45) is 5.30. The first-order valence-corrected chi connectivity index (χ1v) is 12.7. The van der Waals surface area contributed by atoms with E-state index in [4.69, 9.17) is 4.43 Å². The third-order valence-corrected chi connectivity index (χ3v) is 11.5. The highest BCUT2D eigenvalue weighted by atomic mass is 28.4. The molecule has 0 aromatic carbocycles. The van der Waals surface area contributed by atoms with E-state index >= 15 is 0 Å². The van der Waals surface area contributed by atoms with Crippen molar-refractivity contribution in [3.8, 4) is 0 Å². The Bertz CT molecular complexity index is 466. The molecule has 0 spiro atoms. The predicted octanol–water partition coefficient (Wildman–Crippen LogP) is 5.35. The highest BCUT2D eigenvalue weighted by Gasteiger charge is 2.48. The molecule has 0 bridgehead atoms. The summed E-state index contributed by atoms with van der Waals surface area (Å²) in [6.45, 7) is 20.3. The molecular formula is C21H40O3Si. The van der Waals surface area contributed by atoms with Gasteiger partial charge < -0.3 is 9.53 Å². The van der Waals surface area contributed by atoms with E-state index in [0.29, 0.717) is 12.3 Å². The monoisotopic (exact) mass is 368 g/mol. The van der Waals surface area contributed by atoms with E-state index in [1.165, 1.54) is 6.08 Å². The second-order valence-corrected chi connectivity index (χ2v) is 14.5. The Morgan fingerprint density at radius 3 is 2.52 bits per heavy atom. The molecule has 1 aliphatic carbocycles. The molecule has 0 amide bonds. The van der Waals surface area contributed by atoms with Gasteiger partial charge in [0.1, 0.15) is 5.78 Å². The first-order valence-electron chi connectivity index (χ1n) is 9.84. The van der Waals surface area contributed by atoms with Crippen molar-refractivity contribution in [2.45, 2.75) is 91.0 Å². The van der Waals surface area contributed by atoms with E-state index in [9.17, 15) is 9.90 Å². The Hall–Kier alpha value is -0.453. The van der Waals surface area contributed by atoms with Crippen LogP contribution in [0.3, 0.4) is 0 Å². The molecule has 0 aromatic rings. The van der Waals surface area contributed by atoms with Gasteiger partial charge in [0.2, 0.25) is 0 Å². The number of hydrogen-bond donors (Lipinski definition) is 1. The van der Waals surface area contributed by atoms with Gasteiger partial charge in [0.25, 0.3) is 0 Å². The van der Waals surface area contributed by atoms with E-state index < -0.39 is 14.4 Å². The molecule has 0 heterocycles. The Balaban J connectivity index is 2.63. The number of carbonyl (C=O) groups is 1. The summed E-state index contributed by atoms with van der Waals surface area (Å²) in [7, 11) is -1.68. The maximum Gasteiger partial charge on any atom is 0.191 e. The highest BCUT2D eigenvalue weighted by molar-refractivity contribution is 6.74. The molecule has 4 heteroatoms. The zero-order valence-electron chi connectivity index (χ0n) is 17.5.